The summed E-state index contributed by atoms with van der Waals surface area (Å²) in [6, 6.07) is 6.52. The van der Waals surface area contributed by atoms with Gasteiger partial charge in [0.2, 0.25) is 0 Å². The number of aromatic nitrogens is 2. The molecule has 0 aliphatic rings. The summed E-state index contributed by atoms with van der Waals surface area (Å²) in [6.45, 7) is 0.339. The van der Waals surface area contributed by atoms with Crippen LogP contribution in [0.25, 0.3) is 0 Å². The van der Waals surface area contributed by atoms with Crippen molar-refractivity contribution in [1.82, 2.24) is 9.78 Å². The van der Waals surface area contributed by atoms with E-state index in [4.69, 9.17) is 4.74 Å². The van der Waals surface area contributed by atoms with Crippen LogP contribution in [-0.4, -0.2) is 9.78 Å². The van der Waals surface area contributed by atoms with Crippen LogP contribution in [0.3, 0.4) is 0 Å². The Balaban J connectivity index is 2.05. The summed E-state index contributed by atoms with van der Waals surface area (Å²) in [7, 11) is 1.84. The van der Waals surface area contributed by atoms with E-state index in [1.165, 1.54) is 12.1 Å². The van der Waals surface area contributed by atoms with E-state index in [2.05, 4.69) is 21.0 Å². The van der Waals surface area contributed by atoms with Crippen molar-refractivity contribution in [2.75, 3.05) is 0 Å². The van der Waals surface area contributed by atoms with Gasteiger partial charge in [-0.3, -0.25) is 4.68 Å². The number of benzene rings is 1. The van der Waals surface area contributed by atoms with Crippen molar-refractivity contribution < 1.29 is 9.13 Å². The SMILES string of the molecule is Cn1ccc(COc2cc(F)cc(CBr)c2)n1. The Morgan fingerprint density at radius 2 is 2.24 bits per heavy atom. The molecule has 5 heteroatoms. The topological polar surface area (TPSA) is 27.1 Å². The lowest BCUT2D eigenvalue weighted by molar-refractivity contribution is 0.298. The molecule has 1 heterocycles. The molecular weight excluding hydrogens is 287 g/mol. The zero-order chi connectivity index (χ0) is 12.3. The summed E-state index contributed by atoms with van der Waals surface area (Å²) in [5, 5.41) is 4.78. The standard InChI is InChI=1S/C12H12BrFN2O/c1-16-3-2-11(15-16)8-17-12-5-9(7-13)4-10(14)6-12/h2-6H,7-8H2,1H3. The van der Waals surface area contributed by atoms with Gasteiger partial charge in [0.05, 0.1) is 5.69 Å². The van der Waals surface area contributed by atoms with Crippen molar-refractivity contribution >= 4 is 15.9 Å². The molecule has 0 atom stereocenters. The van der Waals surface area contributed by atoms with Crippen molar-refractivity contribution in [3.8, 4) is 5.75 Å². The van der Waals surface area contributed by atoms with Crippen molar-refractivity contribution in [1.29, 1.82) is 0 Å². The number of ether oxygens (including phenoxy) is 1. The summed E-state index contributed by atoms with van der Waals surface area (Å²) in [5.41, 5.74) is 1.66. The van der Waals surface area contributed by atoms with Crippen LogP contribution in [0, 0.1) is 5.82 Å². The lowest BCUT2D eigenvalue weighted by atomic mass is 10.2. The van der Waals surface area contributed by atoms with Crippen LogP contribution in [-0.2, 0) is 19.0 Å². The molecule has 3 nitrogen and oxygen atoms in total. The highest BCUT2D eigenvalue weighted by molar-refractivity contribution is 9.08. The third-order valence-electron chi connectivity index (χ3n) is 2.24. The van der Waals surface area contributed by atoms with E-state index in [9.17, 15) is 4.39 Å². The molecule has 0 aliphatic heterocycles. The van der Waals surface area contributed by atoms with Crippen molar-refractivity contribution in [2.45, 2.75) is 11.9 Å². The minimum absolute atomic E-state index is 0.294. The number of hydrogen-bond donors (Lipinski definition) is 0. The van der Waals surface area contributed by atoms with Gasteiger partial charge in [-0.1, -0.05) is 15.9 Å². The van der Waals surface area contributed by atoms with E-state index >= 15 is 0 Å². The number of rotatable bonds is 4. The lowest BCUT2D eigenvalue weighted by Crippen LogP contribution is -1.98. The summed E-state index contributed by atoms with van der Waals surface area (Å²) in [6.07, 6.45) is 1.84. The van der Waals surface area contributed by atoms with Gasteiger partial charge in [0.25, 0.3) is 0 Å². The Kier molecular flexibility index (Phi) is 3.78. The highest BCUT2D eigenvalue weighted by atomic mass is 79.9. The number of nitrogens with zero attached hydrogens (tertiary/aromatic N) is 2. The maximum absolute atomic E-state index is 13.2. The van der Waals surface area contributed by atoms with Crippen LogP contribution in [0.15, 0.2) is 30.5 Å². The molecule has 90 valence electrons. The summed E-state index contributed by atoms with van der Waals surface area (Å²) < 4.78 is 20.4. The summed E-state index contributed by atoms with van der Waals surface area (Å²) >= 11 is 3.29. The van der Waals surface area contributed by atoms with Gasteiger partial charge in [0.1, 0.15) is 18.2 Å². The maximum Gasteiger partial charge on any atom is 0.132 e. The first-order chi connectivity index (χ1) is 8.17. The van der Waals surface area contributed by atoms with Crippen molar-refractivity contribution in [3.05, 3.63) is 47.5 Å². The predicted molar refractivity (Wildman–Crippen MR) is 66.6 cm³/mol. The number of aryl methyl sites for hydroxylation is 1. The van der Waals surface area contributed by atoms with Crippen LogP contribution < -0.4 is 4.74 Å². The molecule has 0 radical (unpaired) electrons. The van der Waals surface area contributed by atoms with Crippen LogP contribution >= 0.6 is 15.9 Å². The molecule has 17 heavy (non-hydrogen) atoms. The fourth-order valence-electron chi connectivity index (χ4n) is 1.48. The second-order valence-electron chi connectivity index (χ2n) is 3.70. The Labute approximate surface area is 107 Å². The second kappa shape index (κ2) is 5.31. The van der Waals surface area contributed by atoms with Crippen LogP contribution in [0.5, 0.6) is 5.75 Å². The molecule has 0 N–H and O–H groups in total. The monoisotopic (exact) mass is 298 g/mol. The molecule has 2 rings (SSSR count). The molecule has 2 aromatic rings. The first-order valence-electron chi connectivity index (χ1n) is 5.14. The maximum atomic E-state index is 13.2. The average Bonchev–Trinajstić information content (AvgIpc) is 2.72. The highest BCUT2D eigenvalue weighted by Crippen LogP contribution is 2.19. The third kappa shape index (κ3) is 3.30. The quantitative estimate of drug-likeness (QED) is 0.811. The highest BCUT2D eigenvalue weighted by Gasteiger charge is 2.03. The van der Waals surface area contributed by atoms with E-state index in [0.29, 0.717) is 17.7 Å². The molecule has 0 spiro atoms. The smallest absolute Gasteiger partial charge is 0.132 e. The molecule has 0 saturated carbocycles. The minimum atomic E-state index is -0.294. The van der Waals surface area contributed by atoms with Gasteiger partial charge in [-0.2, -0.15) is 5.10 Å². The number of halogens is 2. The van der Waals surface area contributed by atoms with Gasteiger partial charge in [0.15, 0.2) is 0 Å². The predicted octanol–water partition coefficient (Wildman–Crippen LogP) is 3.03. The van der Waals surface area contributed by atoms with Gasteiger partial charge >= 0.3 is 0 Å². The lowest BCUT2D eigenvalue weighted by Gasteiger charge is -2.06. The van der Waals surface area contributed by atoms with Gasteiger partial charge in [0, 0.05) is 24.6 Å². The van der Waals surface area contributed by atoms with Crippen molar-refractivity contribution in [2.24, 2.45) is 7.05 Å². The van der Waals surface area contributed by atoms with Crippen LogP contribution in [0.2, 0.25) is 0 Å². The zero-order valence-electron chi connectivity index (χ0n) is 9.36. The zero-order valence-corrected chi connectivity index (χ0v) is 10.9. The number of hydrogen-bond acceptors (Lipinski definition) is 2. The van der Waals surface area contributed by atoms with E-state index < -0.39 is 0 Å². The van der Waals surface area contributed by atoms with E-state index in [0.717, 1.165) is 11.3 Å². The molecule has 0 unspecified atom stereocenters. The van der Waals surface area contributed by atoms with E-state index in [1.807, 2.05) is 19.3 Å². The minimum Gasteiger partial charge on any atom is -0.487 e. The Hall–Kier alpha value is -1.36. The Bertz CT molecular complexity index is 513. The molecule has 0 bridgehead atoms. The average molecular weight is 299 g/mol. The second-order valence-corrected chi connectivity index (χ2v) is 4.26. The van der Waals surface area contributed by atoms with Gasteiger partial charge in [-0.15, -0.1) is 0 Å². The first kappa shape index (κ1) is 12.1. The third-order valence-corrected chi connectivity index (χ3v) is 2.89. The van der Waals surface area contributed by atoms with Crippen LogP contribution in [0.4, 0.5) is 4.39 Å². The molecule has 0 amide bonds. The van der Waals surface area contributed by atoms with Crippen LogP contribution in [0.1, 0.15) is 11.3 Å². The Morgan fingerprint density at radius 1 is 1.41 bits per heavy atom. The van der Waals surface area contributed by atoms with Gasteiger partial charge in [-0.25, -0.2) is 4.39 Å². The largest absolute Gasteiger partial charge is 0.487 e. The molecule has 0 aliphatic carbocycles. The Morgan fingerprint density at radius 3 is 2.88 bits per heavy atom. The molecule has 1 aromatic heterocycles. The van der Waals surface area contributed by atoms with E-state index in [1.54, 1.807) is 10.7 Å². The fourth-order valence-corrected chi connectivity index (χ4v) is 1.80. The summed E-state index contributed by atoms with van der Waals surface area (Å²) in [4.78, 5) is 0. The molecule has 1 aromatic carbocycles. The normalized spacial score (nSPS) is 10.5. The molecule has 0 fully saturated rings. The van der Waals surface area contributed by atoms with E-state index in [-0.39, 0.29) is 5.82 Å². The molecular formula is C12H12BrFN2O. The first-order valence-corrected chi connectivity index (χ1v) is 6.26. The van der Waals surface area contributed by atoms with Crippen molar-refractivity contribution in [3.63, 3.8) is 0 Å². The summed E-state index contributed by atoms with van der Waals surface area (Å²) in [5.74, 6) is 0.225. The van der Waals surface area contributed by atoms with Gasteiger partial charge < -0.3 is 4.74 Å². The number of alkyl halides is 1. The fraction of sp³-hybridized carbons (Fsp3) is 0.250. The van der Waals surface area contributed by atoms with Gasteiger partial charge in [-0.05, 0) is 23.8 Å². The molecule has 0 saturated heterocycles.